The van der Waals surface area contributed by atoms with Gasteiger partial charge in [-0.05, 0) is 50.0 Å². The largest absolute Gasteiger partial charge is 0.459 e. The average Bonchev–Trinajstić information content (AvgIpc) is 3.11. The summed E-state index contributed by atoms with van der Waals surface area (Å²) in [5.74, 6) is -1.62. The maximum absolute atomic E-state index is 12.7. The number of carbonyl (C=O) groups excluding carboxylic acids is 2. The van der Waals surface area contributed by atoms with Gasteiger partial charge in [-0.1, -0.05) is 51.2 Å². The van der Waals surface area contributed by atoms with Crippen LogP contribution in [-0.4, -0.2) is 59.7 Å². The lowest BCUT2D eigenvalue weighted by atomic mass is 9.44. The van der Waals surface area contributed by atoms with Crippen molar-refractivity contribution in [1.82, 2.24) is 0 Å². The molecule has 0 aromatic carbocycles. The molecule has 2 N–H and O–H groups in total. The molecule has 1 spiro atoms. The van der Waals surface area contributed by atoms with Gasteiger partial charge in [0.1, 0.15) is 12.2 Å². The zero-order valence-electron chi connectivity index (χ0n) is 22.4. The molecule has 36 heavy (non-hydrogen) atoms. The summed E-state index contributed by atoms with van der Waals surface area (Å²) in [4.78, 5) is 24.9. The molecule has 3 aliphatic rings. The highest BCUT2D eigenvalue weighted by Crippen LogP contribution is 2.67. The Kier molecular flexibility index (Phi) is 8.87. The summed E-state index contributed by atoms with van der Waals surface area (Å²) in [5, 5.41) is 23.0. The number of carbonyl (C=O) groups is 2. The third-order valence-corrected chi connectivity index (χ3v) is 8.45. The van der Waals surface area contributed by atoms with Crippen LogP contribution in [0.1, 0.15) is 67.2 Å². The van der Waals surface area contributed by atoms with E-state index in [2.05, 4.69) is 19.6 Å². The van der Waals surface area contributed by atoms with Crippen LogP contribution in [0, 0.1) is 22.7 Å². The van der Waals surface area contributed by atoms with E-state index < -0.39 is 53.7 Å². The van der Waals surface area contributed by atoms with Crippen LogP contribution in [0.15, 0.2) is 36.0 Å². The zero-order valence-corrected chi connectivity index (χ0v) is 22.4. The zero-order chi connectivity index (χ0) is 26.8. The molecule has 8 heteroatoms. The van der Waals surface area contributed by atoms with Crippen molar-refractivity contribution in [3.05, 3.63) is 36.0 Å². The van der Waals surface area contributed by atoms with Crippen molar-refractivity contribution in [2.45, 2.75) is 98.1 Å². The average molecular weight is 507 g/mol. The van der Waals surface area contributed by atoms with Gasteiger partial charge in [0.25, 0.3) is 0 Å². The number of aliphatic hydroxyl groups is 2. The Hall–Kier alpha value is -2.00. The first-order chi connectivity index (χ1) is 17.0. The van der Waals surface area contributed by atoms with Crippen molar-refractivity contribution in [3.63, 3.8) is 0 Å². The number of ether oxygens (including phenoxy) is 4. The van der Waals surface area contributed by atoms with Crippen LogP contribution in [-0.2, 0) is 28.5 Å². The summed E-state index contributed by atoms with van der Waals surface area (Å²) in [6.45, 7) is 15.2. The fourth-order valence-corrected chi connectivity index (χ4v) is 6.44. The van der Waals surface area contributed by atoms with Gasteiger partial charge in [-0.2, -0.15) is 0 Å². The Morgan fingerprint density at radius 3 is 2.53 bits per heavy atom. The predicted octanol–water partition coefficient (Wildman–Crippen LogP) is 3.81. The number of esters is 2. The van der Waals surface area contributed by atoms with E-state index in [0.717, 1.165) is 5.57 Å². The number of hydrogen-bond donors (Lipinski definition) is 2. The van der Waals surface area contributed by atoms with Crippen molar-refractivity contribution in [2.75, 3.05) is 6.61 Å². The van der Waals surface area contributed by atoms with Gasteiger partial charge >= 0.3 is 11.9 Å². The fraction of sp³-hybridized carbons (Fsp3) is 0.714. The standard InChI is InChI=1S/C28H42O8/c1-8-11-22(31)35-23-17(5)27(7,13-12-16(4)9-2)21-15-19(30)14-20-25(33-10-3)36-26(34-18(6)29)28(20,21)24(23)32/h9,12,14,17,19,21,23-26,30,32H,2,8,10-11,13,15H2,1,3-7H3. The normalized spacial score (nSPS) is 40.1. The molecule has 9 unspecified atom stereocenters. The number of allylic oxidation sites excluding steroid dienone is 3. The Labute approximate surface area is 214 Å². The molecule has 9 atom stereocenters. The van der Waals surface area contributed by atoms with Crippen LogP contribution < -0.4 is 0 Å². The number of rotatable bonds is 9. The van der Waals surface area contributed by atoms with Crippen LogP contribution >= 0.6 is 0 Å². The molecule has 8 nitrogen and oxygen atoms in total. The van der Waals surface area contributed by atoms with E-state index in [0.29, 0.717) is 31.4 Å². The van der Waals surface area contributed by atoms with E-state index in [1.165, 1.54) is 6.92 Å². The molecule has 1 saturated carbocycles. The SMILES string of the molecule is C=CC(C)=CCC1(C)C(C)C(OC(=O)CCC)C(O)C23C(=CC(O)CC12)C(OCC)OC3OC(C)=O. The summed E-state index contributed by atoms with van der Waals surface area (Å²) < 4.78 is 23.7. The van der Waals surface area contributed by atoms with E-state index in [-0.39, 0.29) is 18.3 Å². The lowest BCUT2D eigenvalue weighted by Gasteiger charge is -2.62. The van der Waals surface area contributed by atoms with Crippen molar-refractivity contribution in [1.29, 1.82) is 0 Å². The topological polar surface area (TPSA) is 112 Å². The molecule has 1 aliphatic heterocycles. The predicted molar refractivity (Wildman–Crippen MR) is 133 cm³/mol. The Morgan fingerprint density at radius 1 is 1.25 bits per heavy atom. The van der Waals surface area contributed by atoms with Crippen molar-refractivity contribution in [2.24, 2.45) is 22.7 Å². The second kappa shape index (κ2) is 11.2. The minimum absolute atomic E-state index is 0.228. The molecule has 0 aromatic heterocycles. The van der Waals surface area contributed by atoms with Crippen LogP contribution in [0.2, 0.25) is 0 Å². The molecule has 1 heterocycles. The Morgan fingerprint density at radius 2 is 1.94 bits per heavy atom. The van der Waals surface area contributed by atoms with E-state index in [9.17, 15) is 19.8 Å². The van der Waals surface area contributed by atoms with Crippen LogP contribution in [0.4, 0.5) is 0 Å². The Bertz CT molecular complexity index is 909. The first-order valence-corrected chi connectivity index (χ1v) is 13.0. The van der Waals surface area contributed by atoms with E-state index >= 15 is 0 Å². The molecule has 0 aromatic rings. The van der Waals surface area contributed by atoms with Crippen LogP contribution in [0.5, 0.6) is 0 Å². The maximum atomic E-state index is 12.7. The molecule has 0 radical (unpaired) electrons. The monoisotopic (exact) mass is 506 g/mol. The van der Waals surface area contributed by atoms with Crippen molar-refractivity contribution in [3.8, 4) is 0 Å². The third-order valence-electron chi connectivity index (χ3n) is 8.45. The number of aliphatic hydroxyl groups excluding tert-OH is 2. The summed E-state index contributed by atoms with van der Waals surface area (Å²) in [5.41, 5.74) is -0.323. The van der Waals surface area contributed by atoms with Crippen LogP contribution in [0.25, 0.3) is 0 Å². The molecule has 2 fully saturated rings. The lowest BCUT2D eigenvalue weighted by Crippen LogP contribution is -2.68. The molecule has 0 bridgehead atoms. The van der Waals surface area contributed by atoms with E-state index in [4.69, 9.17) is 18.9 Å². The van der Waals surface area contributed by atoms with E-state index in [1.807, 2.05) is 27.7 Å². The van der Waals surface area contributed by atoms with Gasteiger partial charge in [0, 0.05) is 25.9 Å². The van der Waals surface area contributed by atoms with Gasteiger partial charge in [0.15, 0.2) is 6.29 Å². The van der Waals surface area contributed by atoms with Gasteiger partial charge in [-0.3, -0.25) is 9.59 Å². The molecular formula is C28H42O8. The highest BCUT2D eigenvalue weighted by Gasteiger charge is 2.73. The summed E-state index contributed by atoms with van der Waals surface area (Å²) in [6.07, 6.45) is 2.20. The minimum Gasteiger partial charge on any atom is -0.459 e. The number of hydrogen-bond acceptors (Lipinski definition) is 8. The highest BCUT2D eigenvalue weighted by atomic mass is 16.8. The van der Waals surface area contributed by atoms with Gasteiger partial charge in [-0.15, -0.1) is 0 Å². The molecule has 202 valence electrons. The van der Waals surface area contributed by atoms with Crippen molar-refractivity contribution >= 4 is 11.9 Å². The minimum atomic E-state index is -1.26. The highest BCUT2D eigenvalue weighted by molar-refractivity contribution is 5.69. The fourth-order valence-electron chi connectivity index (χ4n) is 6.44. The quantitative estimate of drug-likeness (QED) is 0.276. The molecule has 2 aliphatic carbocycles. The molecule has 3 rings (SSSR count). The second-order valence-corrected chi connectivity index (χ2v) is 10.6. The van der Waals surface area contributed by atoms with Gasteiger partial charge in [0.2, 0.25) is 6.29 Å². The second-order valence-electron chi connectivity index (χ2n) is 10.6. The molecular weight excluding hydrogens is 464 g/mol. The maximum Gasteiger partial charge on any atom is 0.306 e. The first kappa shape index (κ1) is 28.6. The first-order valence-electron chi connectivity index (χ1n) is 13.0. The smallest absolute Gasteiger partial charge is 0.306 e. The van der Waals surface area contributed by atoms with Gasteiger partial charge < -0.3 is 29.2 Å². The van der Waals surface area contributed by atoms with E-state index in [1.54, 1.807) is 12.2 Å². The Balaban J connectivity index is 2.25. The summed E-state index contributed by atoms with van der Waals surface area (Å²) >= 11 is 0. The third kappa shape index (κ3) is 4.80. The van der Waals surface area contributed by atoms with Gasteiger partial charge in [0.05, 0.1) is 11.5 Å². The molecule has 1 saturated heterocycles. The van der Waals surface area contributed by atoms with Crippen molar-refractivity contribution < 1.29 is 38.7 Å². The summed E-state index contributed by atoms with van der Waals surface area (Å²) in [6, 6.07) is 0. The van der Waals surface area contributed by atoms with Crippen LogP contribution in [0.3, 0.4) is 0 Å². The molecule has 0 amide bonds. The lowest BCUT2D eigenvalue weighted by molar-refractivity contribution is -0.277. The summed E-state index contributed by atoms with van der Waals surface area (Å²) in [7, 11) is 0. The van der Waals surface area contributed by atoms with Gasteiger partial charge in [-0.25, -0.2) is 0 Å².